The van der Waals surface area contributed by atoms with E-state index in [0.717, 1.165) is 59.3 Å². The first-order valence-electron chi connectivity index (χ1n) is 9.39. The van der Waals surface area contributed by atoms with Gasteiger partial charge in [0.15, 0.2) is 5.82 Å². The molecule has 6 nitrogen and oxygen atoms in total. The second kappa shape index (κ2) is 7.87. The summed E-state index contributed by atoms with van der Waals surface area (Å²) in [4.78, 5) is 11.1. The molecule has 3 aromatic rings. The third kappa shape index (κ3) is 3.63. The first-order chi connectivity index (χ1) is 13.1. The topological polar surface area (TPSA) is 56.9 Å². The average Bonchev–Trinajstić information content (AvgIpc) is 3.22. The van der Waals surface area contributed by atoms with Gasteiger partial charge in [-0.1, -0.05) is 53.2 Å². The molecule has 0 radical (unpaired) electrons. The van der Waals surface area contributed by atoms with Gasteiger partial charge in [-0.05, 0) is 24.2 Å². The Morgan fingerprint density at radius 1 is 1.22 bits per heavy atom. The Labute approximate surface area is 171 Å². The van der Waals surface area contributed by atoms with Crippen LogP contribution in [-0.4, -0.2) is 62.2 Å². The molecule has 3 heterocycles. The van der Waals surface area contributed by atoms with Crippen LogP contribution in [0.15, 0.2) is 28.7 Å². The van der Waals surface area contributed by atoms with E-state index in [2.05, 4.69) is 60.9 Å². The predicted octanol–water partition coefficient (Wildman–Crippen LogP) is 3.55. The van der Waals surface area contributed by atoms with Crippen molar-refractivity contribution in [2.45, 2.75) is 26.3 Å². The SMILES string of the molecule is CCc1nc2sc([C@@H](c3cccc(Br)c3)N3CCN(CC)CC3)c(O)n2n1. The van der Waals surface area contributed by atoms with Crippen LogP contribution in [0.5, 0.6) is 5.88 Å². The van der Waals surface area contributed by atoms with Crippen LogP contribution in [-0.2, 0) is 6.42 Å². The highest BCUT2D eigenvalue weighted by Crippen LogP contribution is 2.40. The largest absolute Gasteiger partial charge is 0.492 e. The standard InChI is InChI=1S/C19H24BrN5OS/c1-3-15-21-19-25(22-15)18(26)17(27-19)16(13-6-5-7-14(20)12-13)24-10-8-23(4-2)9-11-24/h5-7,12,16,26H,3-4,8-11H2,1-2H3/t16-/m1/s1. The molecule has 0 saturated carbocycles. The molecule has 8 heteroatoms. The van der Waals surface area contributed by atoms with E-state index in [1.807, 2.05) is 13.0 Å². The summed E-state index contributed by atoms with van der Waals surface area (Å²) < 4.78 is 2.64. The van der Waals surface area contributed by atoms with E-state index in [1.165, 1.54) is 16.9 Å². The fourth-order valence-corrected chi connectivity index (χ4v) is 5.21. The summed E-state index contributed by atoms with van der Waals surface area (Å²) in [6, 6.07) is 8.36. The molecule has 1 saturated heterocycles. The third-order valence-electron chi connectivity index (χ3n) is 5.19. The van der Waals surface area contributed by atoms with Crippen LogP contribution in [0.25, 0.3) is 4.96 Å². The number of fused-ring (bicyclic) bond motifs is 1. The van der Waals surface area contributed by atoms with E-state index < -0.39 is 0 Å². The molecule has 1 fully saturated rings. The van der Waals surface area contributed by atoms with Gasteiger partial charge in [-0.25, -0.2) is 4.98 Å². The Bertz CT molecular complexity index is 931. The summed E-state index contributed by atoms with van der Waals surface area (Å²) in [6.45, 7) is 9.34. The van der Waals surface area contributed by atoms with Gasteiger partial charge in [0, 0.05) is 37.1 Å². The number of rotatable bonds is 5. The Kier molecular flexibility index (Phi) is 5.50. The van der Waals surface area contributed by atoms with Crippen LogP contribution in [0.1, 0.15) is 36.2 Å². The highest BCUT2D eigenvalue weighted by atomic mass is 79.9. The molecule has 4 rings (SSSR count). The summed E-state index contributed by atoms with van der Waals surface area (Å²) in [6.07, 6.45) is 0.761. The third-order valence-corrected chi connectivity index (χ3v) is 6.76. The van der Waals surface area contributed by atoms with Crippen molar-refractivity contribution in [3.63, 3.8) is 0 Å². The van der Waals surface area contributed by atoms with Crippen LogP contribution < -0.4 is 0 Å². The number of likely N-dealkylation sites (N-methyl/N-ethyl adjacent to an activating group) is 1. The minimum absolute atomic E-state index is 0.0000765. The zero-order chi connectivity index (χ0) is 19.0. The first kappa shape index (κ1) is 18.9. The summed E-state index contributed by atoms with van der Waals surface area (Å²) in [5, 5.41) is 15.4. The molecule has 0 aliphatic carbocycles. The fourth-order valence-electron chi connectivity index (χ4n) is 3.66. The highest BCUT2D eigenvalue weighted by Gasteiger charge is 2.31. The summed E-state index contributed by atoms with van der Waals surface area (Å²) >= 11 is 5.13. The Balaban J connectivity index is 1.76. The molecule has 27 heavy (non-hydrogen) atoms. The van der Waals surface area contributed by atoms with Crippen LogP contribution in [0.2, 0.25) is 0 Å². The van der Waals surface area contributed by atoms with Crippen molar-refractivity contribution >= 4 is 32.2 Å². The number of benzene rings is 1. The number of hydrogen-bond donors (Lipinski definition) is 1. The second-order valence-corrected chi connectivity index (χ2v) is 8.72. The lowest BCUT2D eigenvalue weighted by molar-refractivity contribution is 0.113. The Hall–Kier alpha value is -1.48. The molecule has 144 valence electrons. The van der Waals surface area contributed by atoms with Gasteiger partial charge < -0.3 is 10.0 Å². The Morgan fingerprint density at radius 3 is 2.63 bits per heavy atom. The summed E-state index contributed by atoms with van der Waals surface area (Å²) in [5.74, 6) is 0.976. The summed E-state index contributed by atoms with van der Waals surface area (Å²) in [7, 11) is 0. The van der Waals surface area contributed by atoms with E-state index in [0.29, 0.717) is 0 Å². The molecule has 0 spiro atoms. The van der Waals surface area contributed by atoms with E-state index in [-0.39, 0.29) is 11.9 Å². The zero-order valence-corrected chi connectivity index (χ0v) is 18.0. The van der Waals surface area contributed by atoms with Crippen LogP contribution in [0.4, 0.5) is 0 Å². The van der Waals surface area contributed by atoms with Crippen molar-refractivity contribution in [1.82, 2.24) is 24.4 Å². The number of piperazine rings is 1. The maximum absolute atomic E-state index is 11.0. The van der Waals surface area contributed by atoms with Crippen molar-refractivity contribution < 1.29 is 5.11 Å². The molecule has 0 unspecified atom stereocenters. The van der Waals surface area contributed by atoms with Gasteiger partial charge in [0.05, 0.1) is 10.9 Å². The quantitative estimate of drug-likeness (QED) is 0.645. The minimum Gasteiger partial charge on any atom is -0.492 e. The predicted molar refractivity (Wildman–Crippen MR) is 112 cm³/mol. The van der Waals surface area contributed by atoms with E-state index in [4.69, 9.17) is 0 Å². The molecule has 2 aromatic heterocycles. The summed E-state index contributed by atoms with van der Waals surface area (Å²) in [5.41, 5.74) is 1.17. The van der Waals surface area contributed by atoms with Gasteiger partial charge in [0.2, 0.25) is 10.8 Å². The maximum Gasteiger partial charge on any atom is 0.230 e. The number of thiazole rings is 1. The van der Waals surface area contributed by atoms with Gasteiger partial charge in [-0.15, -0.1) is 5.10 Å². The van der Waals surface area contributed by atoms with Crippen molar-refractivity contribution in [3.05, 3.63) is 45.0 Å². The monoisotopic (exact) mass is 449 g/mol. The number of nitrogens with zero attached hydrogens (tertiary/aromatic N) is 5. The second-order valence-electron chi connectivity index (χ2n) is 6.79. The molecule has 1 N–H and O–H groups in total. The van der Waals surface area contributed by atoms with Crippen LogP contribution >= 0.6 is 27.3 Å². The maximum atomic E-state index is 11.0. The van der Waals surface area contributed by atoms with E-state index >= 15 is 0 Å². The van der Waals surface area contributed by atoms with Gasteiger partial charge in [-0.2, -0.15) is 4.52 Å². The average molecular weight is 450 g/mol. The zero-order valence-electron chi connectivity index (χ0n) is 15.6. The van der Waals surface area contributed by atoms with Crippen molar-refractivity contribution in [3.8, 4) is 5.88 Å². The molecule has 0 bridgehead atoms. The van der Waals surface area contributed by atoms with E-state index in [1.54, 1.807) is 4.52 Å². The lowest BCUT2D eigenvalue weighted by atomic mass is 10.0. The number of aryl methyl sites for hydroxylation is 1. The van der Waals surface area contributed by atoms with Crippen molar-refractivity contribution in [2.75, 3.05) is 32.7 Å². The van der Waals surface area contributed by atoms with Gasteiger partial charge in [0.25, 0.3) is 0 Å². The normalized spacial score (nSPS) is 17.6. The first-order valence-corrected chi connectivity index (χ1v) is 11.0. The lowest BCUT2D eigenvalue weighted by Crippen LogP contribution is -2.47. The smallest absolute Gasteiger partial charge is 0.230 e. The van der Waals surface area contributed by atoms with Gasteiger partial charge in [-0.3, -0.25) is 4.90 Å². The van der Waals surface area contributed by atoms with Crippen LogP contribution in [0.3, 0.4) is 0 Å². The van der Waals surface area contributed by atoms with Gasteiger partial charge >= 0.3 is 0 Å². The molecule has 1 aliphatic rings. The van der Waals surface area contributed by atoms with Crippen LogP contribution in [0, 0.1) is 0 Å². The van der Waals surface area contributed by atoms with Crippen molar-refractivity contribution in [1.29, 1.82) is 0 Å². The molecular formula is C19H24BrN5OS. The molecule has 0 amide bonds. The number of aromatic nitrogens is 3. The molecule has 1 aliphatic heterocycles. The number of halogens is 1. The molecule has 1 aromatic carbocycles. The molecule has 1 atom stereocenters. The number of hydrogen-bond acceptors (Lipinski definition) is 6. The minimum atomic E-state index is 0.0000765. The fraction of sp³-hybridized carbons (Fsp3) is 0.474. The Morgan fingerprint density at radius 2 is 2.00 bits per heavy atom. The number of aromatic hydroxyl groups is 1. The van der Waals surface area contributed by atoms with E-state index in [9.17, 15) is 5.11 Å². The van der Waals surface area contributed by atoms with Crippen molar-refractivity contribution in [2.24, 2.45) is 0 Å². The lowest BCUT2D eigenvalue weighted by Gasteiger charge is -2.38. The molecular weight excluding hydrogens is 426 g/mol. The van der Waals surface area contributed by atoms with Gasteiger partial charge in [0.1, 0.15) is 0 Å². The highest BCUT2D eigenvalue weighted by molar-refractivity contribution is 9.10.